The van der Waals surface area contributed by atoms with Gasteiger partial charge in [-0.3, -0.25) is 0 Å². The van der Waals surface area contributed by atoms with Gasteiger partial charge >= 0.3 is 0 Å². The van der Waals surface area contributed by atoms with Gasteiger partial charge in [-0.2, -0.15) is 0 Å². The van der Waals surface area contributed by atoms with Crippen LogP contribution < -0.4 is 9.80 Å². The molecule has 0 amide bonds. The van der Waals surface area contributed by atoms with Gasteiger partial charge in [-0.05, 0) is 274 Å². The summed E-state index contributed by atoms with van der Waals surface area (Å²) in [6.07, 6.45) is 9.23. The van der Waals surface area contributed by atoms with Crippen molar-refractivity contribution in [2.75, 3.05) is 9.80 Å². The molecule has 115 heavy (non-hydrogen) atoms. The van der Waals surface area contributed by atoms with Crippen molar-refractivity contribution in [3.63, 3.8) is 0 Å². The van der Waals surface area contributed by atoms with Gasteiger partial charge in [-0.15, -0.1) is 0 Å². The van der Waals surface area contributed by atoms with Gasteiger partial charge in [0.25, 0.3) is 0 Å². The van der Waals surface area contributed by atoms with E-state index >= 15 is 0 Å². The molecule has 0 N–H and O–H groups in total. The molecule has 546 valence electrons. The first kappa shape index (κ1) is 69.1. The first-order valence-electron chi connectivity index (χ1n) is 40.4. The SMILES string of the molecule is CC1(C)c2cc(C=Cc3ccc4c(c3)C(C)(C)c3cc(N(c5ccc(-c6ccc7ccccc7c6)cc5)c5ccc(-c6ccc7ccccc7c6)cc5)ccc3-4)ccc2-c2ccc(C=Cc3ccc4c(c3)C(C)(C)c3cc(N(c5ccc(-c6ccc7ccccc7c6)cc5)c5ccc(-c6ccc7ccccc7c6)cc5)ccc3-4)cc21. The summed E-state index contributed by atoms with van der Waals surface area (Å²) in [5.41, 5.74) is 36.3. The zero-order chi connectivity index (χ0) is 77.3. The van der Waals surface area contributed by atoms with Crippen LogP contribution in [0.2, 0.25) is 0 Å². The summed E-state index contributed by atoms with van der Waals surface area (Å²) in [5, 5.41) is 9.97. The van der Waals surface area contributed by atoms with Crippen LogP contribution in [0.5, 0.6) is 0 Å². The van der Waals surface area contributed by atoms with E-state index in [0.29, 0.717) is 0 Å². The molecule has 18 aromatic carbocycles. The lowest BCUT2D eigenvalue weighted by molar-refractivity contribution is 0.660. The fraction of sp³-hybridized carbons (Fsp3) is 0.0796. The zero-order valence-electron chi connectivity index (χ0n) is 65.5. The van der Waals surface area contributed by atoms with Crippen molar-refractivity contribution >= 4 is 102 Å². The van der Waals surface area contributed by atoms with Crippen LogP contribution in [0.1, 0.15) is 97.2 Å². The molecular weight excluding hydrogens is 1390 g/mol. The lowest BCUT2D eigenvalue weighted by atomic mass is 9.81. The maximum Gasteiger partial charge on any atom is 0.0465 e. The predicted molar refractivity (Wildman–Crippen MR) is 491 cm³/mol. The summed E-state index contributed by atoms with van der Waals surface area (Å²) in [6.45, 7) is 14.4. The molecule has 3 aliphatic rings. The molecule has 0 fully saturated rings. The highest BCUT2D eigenvalue weighted by Crippen LogP contribution is 2.55. The Bertz CT molecular complexity index is 6360. The predicted octanol–water partition coefficient (Wildman–Crippen LogP) is 31.2. The zero-order valence-corrected chi connectivity index (χ0v) is 65.5. The summed E-state index contributed by atoms with van der Waals surface area (Å²) < 4.78 is 0. The lowest BCUT2D eigenvalue weighted by Crippen LogP contribution is -2.16. The summed E-state index contributed by atoms with van der Waals surface area (Å²) in [6, 6.07) is 140. The number of nitrogens with zero attached hydrogens (tertiary/aromatic N) is 2. The van der Waals surface area contributed by atoms with Gasteiger partial charge in [0.1, 0.15) is 0 Å². The van der Waals surface area contributed by atoms with Gasteiger partial charge < -0.3 is 9.80 Å². The normalized spacial score (nSPS) is 13.8. The Balaban J connectivity index is 0.526. The lowest BCUT2D eigenvalue weighted by Gasteiger charge is -2.28. The maximum absolute atomic E-state index is 2.45. The molecule has 3 aliphatic carbocycles. The largest absolute Gasteiger partial charge is 0.310 e. The Morgan fingerprint density at radius 2 is 0.357 bits per heavy atom. The van der Waals surface area contributed by atoms with Crippen LogP contribution in [-0.2, 0) is 16.2 Å². The highest BCUT2D eigenvalue weighted by Gasteiger charge is 2.39. The van der Waals surface area contributed by atoms with Gasteiger partial charge in [0.2, 0.25) is 0 Å². The quantitative estimate of drug-likeness (QED) is 0.100. The first-order chi connectivity index (χ1) is 56.2. The Morgan fingerprint density at radius 1 is 0.165 bits per heavy atom. The molecule has 2 nitrogen and oxygen atoms in total. The fourth-order valence-electron chi connectivity index (χ4n) is 18.9. The molecule has 0 saturated carbocycles. The number of fused-ring (bicyclic) bond motifs is 13. The minimum Gasteiger partial charge on any atom is -0.310 e. The van der Waals surface area contributed by atoms with E-state index in [9.17, 15) is 0 Å². The van der Waals surface area contributed by atoms with Crippen molar-refractivity contribution in [1.29, 1.82) is 0 Å². The smallest absolute Gasteiger partial charge is 0.0465 e. The molecule has 0 atom stereocenters. The topological polar surface area (TPSA) is 6.48 Å². The molecule has 18 aromatic rings. The second kappa shape index (κ2) is 27.2. The third kappa shape index (κ3) is 12.1. The highest BCUT2D eigenvalue weighted by molar-refractivity contribution is 5.96. The third-order valence-electron chi connectivity index (χ3n) is 25.4. The van der Waals surface area contributed by atoms with Crippen LogP contribution in [-0.4, -0.2) is 0 Å². The number of anilines is 6. The number of hydrogen-bond donors (Lipinski definition) is 0. The van der Waals surface area contributed by atoms with E-state index in [-0.39, 0.29) is 16.2 Å². The Morgan fingerprint density at radius 3 is 0.591 bits per heavy atom. The molecule has 0 radical (unpaired) electrons. The van der Waals surface area contributed by atoms with Gasteiger partial charge in [0.15, 0.2) is 0 Å². The summed E-state index contributed by atoms with van der Waals surface area (Å²) in [4.78, 5) is 4.85. The van der Waals surface area contributed by atoms with Gasteiger partial charge in [0, 0.05) is 50.4 Å². The minimum atomic E-state index is -0.251. The average Bonchev–Trinajstić information content (AvgIpc) is 1.59. The van der Waals surface area contributed by atoms with Crippen LogP contribution in [0.15, 0.2) is 376 Å². The molecule has 0 unspecified atom stereocenters. The monoisotopic (exact) mass is 1470 g/mol. The Labute approximate surface area is 674 Å². The molecular formula is C113H84N2. The van der Waals surface area contributed by atoms with Crippen molar-refractivity contribution in [2.24, 2.45) is 0 Å². The maximum atomic E-state index is 2.45. The minimum absolute atomic E-state index is 0.195. The molecule has 0 aromatic heterocycles. The fourth-order valence-corrected chi connectivity index (χ4v) is 18.9. The van der Waals surface area contributed by atoms with E-state index in [0.717, 1.165) is 34.1 Å². The Kier molecular flexibility index (Phi) is 16.3. The molecule has 0 saturated heterocycles. The van der Waals surface area contributed by atoms with Crippen LogP contribution in [0.4, 0.5) is 34.1 Å². The second-order valence-corrected chi connectivity index (χ2v) is 33.3. The molecule has 0 aliphatic heterocycles. The number of rotatable bonds is 14. The molecule has 0 heterocycles. The molecule has 21 rings (SSSR count). The van der Waals surface area contributed by atoms with Crippen LogP contribution in [0.25, 0.3) is 145 Å². The van der Waals surface area contributed by atoms with E-state index in [2.05, 4.69) is 452 Å². The van der Waals surface area contributed by atoms with Crippen LogP contribution in [0, 0.1) is 0 Å². The standard InChI is InChI=1S/C113H84N2/c1-111(2)105-63-73(23-25-75-29-59-101-103-61-55-97(71-109(103)112(3,4)107(101)65-75)114(93-47-39-81(40-48-93)89-35-31-77-15-7-11-19-85(77)67-89)94-49-41-82(42-50-94)90-36-32-78-16-8-12-20-86(78)68-90)27-57-99(105)100-58-28-74(64-106(100)111)24-26-76-30-60-102-104-62-56-98(72-110(104)113(5,6)108(102)66-76)115(95-51-43-83(44-52-95)91-37-33-79-17-9-13-21-87(79)69-91)96-53-45-84(46-54-96)92-38-34-80-18-10-14-22-88(80)70-92/h7-72H,1-6H3. The van der Waals surface area contributed by atoms with E-state index in [1.54, 1.807) is 0 Å². The van der Waals surface area contributed by atoms with Crippen molar-refractivity contribution < 1.29 is 0 Å². The Hall–Kier alpha value is -13.9. The molecule has 0 bridgehead atoms. The molecule has 2 heteroatoms. The van der Waals surface area contributed by atoms with Gasteiger partial charge in [0.05, 0.1) is 0 Å². The van der Waals surface area contributed by atoms with Crippen molar-refractivity contribution in [3.05, 3.63) is 432 Å². The molecule has 0 spiro atoms. The first-order valence-corrected chi connectivity index (χ1v) is 40.4. The summed E-state index contributed by atoms with van der Waals surface area (Å²) in [5.74, 6) is 0. The van der Waals surface area contributed by atoms with Crippen molar-refractivity contribution in [3.8, 4) is 77.9 Å². The van der Waals surface area contributed by atoms with Crippen LogP contribution >= 0.6 is 0 Å². The van der Waals surface area contributed by atoms with E-state index in [1.807, 2.05) is 0 Å². The third-order valence-corrected chi connectivity index (χ3v) is 25.4. The highest BCUT2D eigenvalue weighted by atomic mass is 15.1. The van der Waals surface area contributed by atoms with E-state index in [4.69, 9.17) is 0 Å². The summed E-state index contributed by atoms with van der Waals surface area (Å²) in [7, 11) is 0. The van der Waals surface area contributed by atoms with Crippen molar-refractivity contribution in [1.82, 2.24) is 0 Å². The van der Waals surface area contributed by atoms with Gasteiger partial charge in [-0.1, -0.05) is 345 Å². The van der Waals surface area contributed by atoms with E-state index < -0.39 is 0 Å². The summed E-state index contributed by atoms with van der Waals surface area (Å²) >= 11 is 0. The number of benzene rings is 18. The number of hydrogen-bond acceptors (Lipinski definition) is 2. The average molecular weight is 1470 g/mol. The van der Waals surface area contributed by atoms with Gasteiger partial charge in [-0.25, -0.2) is 0 Å². The van der Waals surface area contributed by atoms with Crippen molar-refractivity contribution in [2.45, 2.75) is 57.8 Å². The van der Waals surface area contributed by atoms with E-state index in [1.165, 1.54) is 177 Å². The second-order valence-electron chi connectivity index (χ2n) is 33.3. The van der Waals surface area contributed by atoms with Crippen LogP contribution in [0.3, 0.4) is 0 Å².